The molecule has 1 saturated carbocycles. The molecule has 8 heteroatoms. The Morgan fingerprint density at radius 3 is 2.76 bits per heavy atom. The molecule has 1 amide bonds. The smallest absolute Gasteiger partial charge is 0.293 e. The van der Waals surface area contributed by atoms with Gasteiger partial charge < -0.3 is 15.4 Å². The zero-order chi connectivity index (χ0) is 15.6. The van der Waals surface area contributed by atoms with Gasteiger partial charge in [-0.15, -0.1) is 0 Å². The maximum Gasteiger partial charge on any atom is 0.293 e. The maximum atomic E-state index is 13.9. The molecule has 21 heavy (non-hydrogen) atoms. The van der Waals surface area contributed by atoms with E-state index in [2.05, 4.69) is 0 Å². The summed E-state index contributed by atoms with van der Waals surface area (Å²) >= 11 is 0. The number of hydrogen-bond acceptors (Lipinski definition) is 5. The fraction of sp³-hybridized carbons (Fsp3) is 0.462. The van der Waals surface area contributed by atoms with E-state index in [9.17, 15) is 19.3 Å². The molecule has 0 atom stereocenters. The second-order valence-electron chi connectivity index (χ2n) is 4.83. The minimum absolute atomic E-state index is 0.0192. The zero-order valence-electron chi connectivity index (χ0n) is 11.5. The van der Waals surface area contributed by atoms with E-state index in [1.807, 2.05) is 0 Å². The number of benzene rings is 1. The van der Waals surface area contributed by atoms with Crippen molar-refractivity contribution in [2.75, 3.05) is 26.0 Å². The fourth-order valence-corrected chi connectivity index (χ4v) is 2.13. The summed E-state index contributed by atoms with van der Waals surface area (Å²) in [5.74, 6) is -1.49. The highest BCUT2D eigenvalue weighted by Gasteiger charge is 2.35. The van der Waals surface area contributed by atoms with Crippen molar-refractivity contribution in [3.05, 3.63) is 33.6 Å². The van der Waals surface area contributed by atoms with Gasteiger partial charge in [0.25, 0.3) is 11.6 Å². The molecule has 1 aromatic carbocycles. The number of nitrogens with two attached hydrogens (primary N) is 1. The first-order valence-corrected chi connectivity index (χ1v) is 6.49. The van der Waals surface area contributed by atoms with Gasteiger partial charge in [0.15, 0.2) is 0 Å². The fourth-order valence-electron chi connectivity index (χ4n) is 2.13. The highest BCUT2D eigenvalue weighted by molar-refractivity contribution is 6.01. The van der Waals surface area contributed by atoms with Gasteiger partial charge in [-0.25, -0.2) is 4.39 Å². The number of nitrogens with zero attached hydrogens (tertiary/aromatic N) is 2. The third-order valence-corrected chi connectivity index (χ3v) is 3.37. The summed E-state index contributed by atoms with van der Waals surface area (Å²) in [5.41, 5.74) is 4.27. The van der Waals surface area contributed by atoms with E-state index < -0.39 is 33.6 Å². The summed E-state index contributed by atoms with van der Waals surface area (Å²) in [4.78, 5) is 24.1. The molecule has 0 unspecified atom stereocenters. The molecular weight excluding hydrogens is 281 g/mol. The first kappa shape index (κ1) is 15.2. The van der Waals surface area contributed by atoms with Gasteiger partial charge in [0.05, 0.1) is 11.5 Å². The van der Waals surface area contributed by atoms with Gasteiger partial charge >= 0.3 is 0 Å². The molecule has 0 aromatic heterocycles. The number of hydrogen-bond donors (Lipinski definition) is 1. The van der Waals surface area contributed by atoms with Crippen LogP contribution in [0, 0.1) is 15.9 Å². The van der Waals surface area contributed by atoms with Crippen LogP contribution in [0.1, 0.15) is 23.2 Å². The van der Waals surface area contributed by atoms with Crippen LogP contribution in [0.2, 0.25) is 0 Å². The molecule has 0 spiro atoms. The average Bonchev–Trinajstić information content (AvgIpc) is 3.23. The Morgan fingerprint density at radius 1 is 1.57 bits per heavy atom. The lowest BCUT2D eigenvalue weighted by molar-refractivity contribution is -0.384. The van der Waals surface area contributed by atoms with Crippen molar-refractivity contribution in [3.63, 3.8) is 0 Å². The van der Waals surface area contributed by atoms with E-state index in [-0.39, 0.29) is 6.04 Å². The number of rotatable bonds is 6. The average molecular weight is 297 g/mol. The number of nitrogen functional groups attached to an aromatic ring is 1. The van der Waals surface area contributed by atoms with E-state index in [4.69, 9.17) is 10.5 Å². The van der Waals surface area contributed by atoms with Crippen LogP contribution in [0.5, 0.6) is 0 Å². The molecule has 7 nitrogen and oxygen atoms in total. The molecule has 0 saturated heterocycles. The van der Waals surface area contributed by atoms with Gasteiger partial charge in [0, 0.05) is 25.8 Å². The molecular formula is C13H16FN3O4. The van der Waals surface area contributed by atoms with E-state index in [1.54, 1.807) is 0 Å². The molecule has 2 rings (SSSR count). The Bertz CT molecular complexity index is 575. The van der Waals surface area contributed by atoms with Gasteiger partial charge in [0.1, 0.15) is 17.1 Å². The predicted molar refractivity (Wildman–Crippen MR) is 73.4 cm³/mol. The number of halogens is 1. The Kier molecular flexibility index (Phi) is 4.37. The van der Waals surface area contributed by atoms with Crippen molar-refractivity contribution >= 4 is 17.3 Å². The number of carbonyl (C=O) groups excluding carboxylic acids is 1. The molecule has 0 aliphatic heterocycles. The summed E-state index contributed by atoms with van der Waals surface area (Å²) in [6, 6.07) is 1.87. The van der Waals surface area contributed by atoms with Gasteiger partial charge in [-0.05, 0) is 18.9 Å². The third-order valence-electron chi connectivity index (χ3n) is 3.37. The number of amides is 1. The Morgan fingerprint density at radius 2 is 2.24 bits per heavy atom. The lowest BCUT2D eigenvalue weighted by atomic mass is 10.1. The molecule has 1 aliphatic carbocycles. The van der Waals surface area contributed by atoms with Crippen molar-refractivity contribution in [1.29, 1.82) is 0 Å². The molecule has 114 valence electrons. The van der Waals surface area contributed by atoms with Gasteiger partial charge in [0.2, 0.25) is 0 Å². The Labute approximate surface area is 120 Å². The number of anilines is 1. The van der Waals surface area contributed by atoms with E-state index in [0.717, 1.165) is 25.0 Å². The van der Waals surface area contributed by atoms with Crippen LogP contribution in [-0.4, -0.2) is 42.0 Å². The number of nitro benzene ring substituents is 1. The largest absolute Gasteiger partial charge is 0.392 e. The SMILES string of the molecule is COCCN(C(=O)c1c(F)ccc([N+](=O)[O-])c1N)C1CC1. The molecule has 1 aliphatic rings. The summed E-state index contributed by atoms with van der Waals surface area (Å²) in [6.07, 6.45) is 1.65. The maximum absolute atomic E-state index is 13.9. The molecule has 1 fully saturated rings. The number of nitro groups is 1. The van der Waals surface area contributed by atoms with Gasteiger partial charge in [-0.1, -0.05) is 0 Å². The topological polar surface area (TPSA) is 98.7 Å². The summed E-state index contributed by atoms with van der Waals surface area (Å²) < 4.78 is 18.9. The molecule has 1 aromatic rings. The summed E-state index contributed by atoms with van der Waals surface area (Å²) in [6.45, 7) is 0.597. The van der Waals surface area contributed by atoms with E-state index in [1.165, 1.54) is 12.0 Å². The van der Waals surface area contributed by atoms with Crippen LogP contribution in [0.15, 0.2) is 12.1 Å². The first-order chi connectivity index (χ1) is 9.97. The lowest BCUT2D eigenvalue weighted by Gasteiger charge is -2.23. The summed E-state index contributed by atoms with van der Waals surface area (Å²) in [7, 11) is 1.50. The quantitative estimate of drug-likeness (QED) is 0.488. The minimum atomic E-state index is -0.855. The van der Waals surface area contributed by atoms with Crippen molar-refractivity contribution < 1.29 is 18.8 Å². The molecule has 0 radical (unpaired) electrons. The van der Waals surface area contributed by atoms with Crippen LogP contribution in [0.3, 0.4) is 0 Å². The zero-order valence-corrected chi connectivity index (χ0v) is 11.5. The van der Waals surface area contributed by atoms with E-state index >= 15 is 0 Å². The highest BCUT2D eigenvalue weighted by Crippen LogP contribution is 2.32. The minimum Gasteiger partial charge on any atom is -0.392 e. The number of ether oxygens (including phenoxy) is 1. The van der Waals surface area contributed by atoms with Crippen LogP contribution in [0.4, 0.5) is 15.8 Å². The van der Waals surface area contributed by atoms with Gasteiger partial charge in [-0.2, -0.15) is 0 Å². The van der Waals surface area contributed by atoms with Crippen LogP contribution < -0.4 is 5.73 Å². The van der Waals surface area contributed by atoms with Crippen molar-refractivity contribution in [1.82, 2.24) is 4.90 Å². The van der Waals surface area contributed by atoms with Gasteiger partial charge in [-0.3, -0.25) is 14.9 Å². The van der Waals surface area contributed by atoms with Crippen molar-refractivity contribution in [2.45, 2.75) is 18.9 Å². The third kappa shape index (κ3) is 3.10. The van der Waals surface area contributed by atoms with Crippen LogP contribution in [0.25, 0.3) is 0 Å². The summed E-state index contributed by atoms with van der Waals surface area (Å²) in [5, 5.41) is 10.9. The number of carbonyl (C=O) groups is 1. The second-order valence-corrected chi connectivity index (χ2v) is 4.83. The standard InChI is InChI=1S/C13H16FN3O4/c1-21-7-6-16(8-2-3-8)13(18)11-9(14)4-5-10(12(11)15)17(19)20/h4-5,8H,2-3,6-7,15H2,1H3. The Balaban J connectivity index is 2.36. The van der Waals surface area contributed by atoms with E-state index in [0.29, 0.717) is 13.2 Å². The molecule has 0 bridgehead atoms. The normalized spacial score (nSPS) is 14.0. The lowest BCUT2D eigenvalue weighted by Crippen LogP contribution is -2.36. The Hall–Kier alpha value is -2.22. The second kappa shape index (κ2) is 6.04. The molecule has 2 N–H and O–H groups in total. The van der Waals surface area contributed by atoms with Crippen LogP contribution in [-0.2, 0) is 4.74 Å². The van der Waals surface area contributed by atoms with Crippen LogP contribution >= 0.6 is 0 Å². The highest BCUT2D eigenvalue weighted by atomic mass is 19.1. The molecule has 0 heterocycles. The van der Waals surface area contributed by atoms with Crippen molar-refractivity contribution in [3.8, 4) is 0 Å². The van der Waals surface area contributed by atoms with Crippen molar-refractivity contribution in [2.24, 2.45) is 0 Å². The number of methoxy groups -OCH3 is 1. The monoisotopic (exact) mass is 297 g/mol. The predicted octanol–water partition coefficient (Wildman–Crippen LogP) is 1.57. The first-order valence-electron chi connectivity index (χ1n) is 6.49.